The molecule has 2 saturated carbocycles. The molecule has 0 saturated heterocycles. The Morgan fingerprint density at radius 2 is 1.75 bits per heavy atom. The first kappa shape index (κ1) is 14.1. The average Bonchev–Trinajstić information content (AvgIpc) is 3.29. The molecule has 0 bridgehead atoms. The average molecular weight is 336 g/mol. The van der Waals surface area contributed by atoms with Gasteiger partial charge in [0.05, 0.1) is 5.41 Å². The van der Waals surface area contributed by atoms with Crippen molar-refractivity contribution in [3.8, 4) is 0 Å². The van der Waals surface area contributed by atoms with Gasteiger partial charge < -0.3 is 4.90 Å². The zero-order valence-electron chi connectivity index (χ0n) is 12.1. The summed E-state index contributed by atoms with van der Waals surface area (Å²) in [6.45, 7) is 0. The summed E-state index contributed by atoms with van der Waals surface area (Å²) in [5, 5.41) is 0. The van der Waals surface area contributed by atoms with Crippen molar-refractivity contribution in [2.75, 3.05) is 7.05 Å². The number of nitrogens with zero attached hydrogens (tertiary/aromatic N) is 1. The first-order valence-electron chi connectivity index (χ1n) is 7.67. The third-order valence-corrected chi connectivity index (χ3v) is 5.53. The molecule has 20 heavy (non-hydrogen) atoms. The molecule has 1 aromatic carbocycles. The highest BCUT2D eigenvalue weighted by atomic mass is 79.9. The third kappa shape index (κ3) is 2.52. The van der Waals surface area contributed by atoms with Crippen molar-refractivity contribution < 1.29 is 4.79 Å². The molecule has 0 aliphatic heterocycles. The second-order valence-corrected chi connectivity index (χ2v) is 7.21. The van der Waals surface area contributed by atoms with Gasteiger partial charge in [0.25, 0.3) is 0 Å². The van der Waals surface area contributed by atoms with Crippen LogP contribution < -0.4 is 0 Å². The Kier molecular flexibility index (Phi) is 3.89. The van der Waals surface area contributed by atoms with Crippen molar-refractivity contribution in [3.63, 3.8) is 0 Å². The molecule has 2 nitrogen and oxygen atoms in total. The molecule has 1 amide bonds. The summed E-state index contributed by atoms with van der Waals surface area (Å²) in [6.07, 6.45) is 8.24. The van der Waals surface area contributed by atoms with Crippen LogP contribution in [0.25, 0.3) is 0 Å². The van der Waals surface area contributed by atoms with Gasteiger partial charge in [-0.05, 0) is 43.4 Å². The number of halogens is 1. The van der Waals surface area contributed by atoms with E-state index in [0.29, 0.717) is 11.9 Å². The van der Waals surface area contributed by atoms with E-state index in [-0.39, 0.29) is 5.41 Å². The van der Waals surface area contributed by atoms with Crippen LogP contribution >= 0.6 is 15.9 Å². The molecular formula is C17H22BrNO. The van der Waals surface area contributed by atoms with Crippen molar-refractivity contribution in [2.24, 2.45) is 0 Å². The summed E-state index contributed by atoms with van der Waals surface area (Å²) in [4.78, 5) is 15.0. The standard InChI is InChI=1S/C17H22BrNO/c1-19(15-5-3-2-4-6-15)16(20)17(11-12-17)13-7-9-14(18)10-8-13/h7-10,15H,2-6,11-12H2,1H3. The first-order chi connectivity index (χ1) is 9.63. The Bertz CT molecular complexity index is 486. The molecule has 0 atom stereocenters. The van der Waals surface area contributed by atoms with Gasteiger partial charge >= 0.3 is 0 Å². The molecule has 2 aliphatic rings. The number of hydrogen-bond donors (Lipinski definition) is 0. The minimum Gasteiger partial charge on any atom is -0.342 e. The normalized spacial score (nSPS) is 21.5. The lowest BCUT2D eigenvalue weighted by molar-refractivity contribution is -0.135. The molecular weight excluding hydrogens is 314 g/mol. The van der Waals surface area contributed by atoms with Crippen molar-refractivity contribution in [2.45, 2.75) is 56.4 Å². The van der Waals surface area contributed by atoms with E-state index < -0.39 is 0 Å². The predicted octanol–water partition coefficient (Wildman–Crippen LogP) is 4.27. The summed E-state index contributed by atoms with van der Waals surface area (Å²) in [5.74, 6) is 0.340. The van der Waals surface area contributed by atoms with Crippen molar-refractivity contribution in [1.82, 2.24) is 4.90 Å². The molecule has 0 heterocycles. The fourth-order valence-corrected chi connectivity index (χ4v) is 3.76. The topological polar surface area (TPSA) is 20.3 Å². The van der Waals surface area contributed by atoms with E-state index >= 15 is 0 Å². The number of carbonyl (C=O) groups excluding carboxylic acids is 1. The van der Waals surface area contributed by atoms with E-state index in [0.717, 1.165) is 17.3 Å². The Morgan fingerprint density at radius 3 is 2.30 bits per heavy atom. The summed E-state index contributed by atoms with van der Waals surface area (Å²) in [7, 11) is 2.01. The van der Waals surface area contributed by atoms with Gasteiger partial charge in [-0.3, -0.25) is 4.79 Å². The lowest BCUT2D eigenvalue weighted by atomic mass is 9.90. The van der Waals surface area contributed by atoms with Crippen molar-refractivity contribution >= 4 is 21.8 Å². The maximum absolute atomic E-state index is 12.9. The monoisotopic (exact) mass is 335 g/mol. The van der Waals surface area contributed by atoms with Crippen LogP contribution in [-0.2, 0) is 10.2 Å². The van der Waals surface area contributed by atoms with E-state index in [1.165, 1.54) is 37.7 Å². The Hall–Kier alpha value is -0.830. The number of amides is 1. The van der Waals surface area contributed by atoms with Crippen LogP contribution in [0.3, 0.4) is 0 Å². The van der Waals surface area contributed by atoms with E-state index in [9.17, 15) is 4.79 Å². The lowest BCUT2D eigenvalue weighted by Gasteiger charge is -2.34. The van der Waals surface area contributed by atoms with Gasteiger partial charge in [-0.1, -0.05) is 47.3 Å². The molecule has 0 spiro atoms. The van der Waals surface area contributed by atoms with Crippen LogP contribution in [0, 0.1) is 0 Å². The van der Waals surface area contributed by atoms with E-state index in [1.807, 2.05) is 24.1 Å². The van der Waals surface area contributed by atoms with E-state index in [4.69, 9.17) is 0 Å². The van der Waals surface area contributed by atoms with Gasteiger partial charge in [-0.2, -0.15) is 0 Å². The highest BCUT2D eigenvalue weighted by Gasteiger charge is 2.53. The Labute approximate surface area is 129 Å². The first-order valence-corrected chi connectivity index (χ1v) is 8.46. The molecule has 108 valence electrons. The van der Waals surface area contributed by atoms with E-state index in [2.05, 4.69) is 28.1 Å². The zero-order valence-corrected chi connectivity index (χ0v) is 13.7. The molecule has 3 rings (SSSR count). The predicted molar refractivity (Wildman–Crippen MR) is 84.7 cm³/mol. The Morgan fingerprint density at radius 1 is 1.15 bits per heavy atom. The van der Waals surface area contributed by atoms with Crippen LogP contribution in [0.4, 0.5) is 0 Å². The minimum atomic E-state index is -0.215. The largest absolute Gasteiger partial charge is 0.342 e. The van der Waals surface area contributed by atoms with Crippen molar-refractivity contribution in [1.29, 1.82) is 0 Å². The fourth-order valence-electron chi connectivity index (χ4n) is 3.49. The van der Waals surface area contributed by atoms with Gasteiger partial charge in [0.1, 0.15) is 0 Å². The molecule has 0 unspecified atom stereocenters. The van der Waals surface area contributed by atoms with E-state index in [1.54, 1.807) is 0 Å². The van der Waals surface area contributed by atoms with Gasteiger partial charge in [-0.25, -0.2) is 0 Å². The van der Waals surface area contributed by atoms with Crippen LogP contribution in [-0.4, -0.2) is 23.9 Å². The highest BCUT2D eigenvalue weighted by molar-refractivity contribution is 9.10. The number of hydrogen-bond acceptors (Lipinski definition) is 1. The summed E-state index contributed by atoms with van der Waals surface area (Å²) >= 11 is 3.47. The second kappa shape index (κ2) is 5.51. The summed E-state index contributed by atoms with van der Waals surface area (Å²) < 4.78 is 1.07. The van der Waals surface area contributed by atoms with Gasteiger partial charge in [0, 0.05) is 17.6 Å². The number of rotatable bonds is 3. The van der Waals surface area contributed by atoms with Crippen molar-refractivity contribution in [3.05, 3.63) is 34.3 Å². The SMILES string of the molecule is CN(C(=O)C1(c2ccc(Br)cc2)CC1)C1CCCCC1. The maximum atomic E-state index is 12.9. The molecule has 0 radical (unpaired) electrons. The van der Waals surface area contributed by atoms with Crippen LogP contribution in [0.15, 0.2) is 28.7 Å². The van der Waals surface area contributed by atoms with Gasteiger partial charge in [-0.15, -0.1) is 0 Å². The lowest BCUT2D eigenvalue weighted by Crippen LogP contribution is -2.43. The molecule has 2 fully saturated rings. The van der Waals surface area contributed by atoms with Crippen LogP contribution in [0.5, 0.6) is 0 Å². The molecule has 3 heteroatoms. The number of benzene rings is 1. The number of carbonyl (C=O) groups is 1. The second-order valence-electron chi connectivity index (χ2n) is 6.30. The highest BCUT2D eigenvalue weighted by Crippen LogP contribution is 2.50. The Balaban J connectivity index is 1.77. The zero-order chi connectivity index (χ0) is 14.2. The quantitative estimate of drug-likeness (QED) is 0.807. The third-order valence-electron chi connectivity index (χ3n) is 5.00. The molecule has 2 aliphatic carbocycles. The molecule has 0 N–H and O–H groups in total. The summed E-state index contributed by atoms with van der Waals surface area (Å²) in [6, 6.07) is 8.75. The number of likely N-dealkylation sites (N-methyl/N-ethyl adjacent to an activating group) is 1. The van der Waals surface area contributed by atoms with Crippen LogP contribution in [0.1, 0.15) is 50.5 Å². The van der Waals surface area contributed by atoms with Crippen LogP contribution in [0.2, 0.25) is 0 Å². The molecule has 0 aromatic heterocycles. The minimum absolute atomic E-state index is 0.215. The summed E-state index contributed by atoms with van der Waals surface area (Å²) in [5.41, 5.74) is 0.973. The maximum Gasteiger partial charge on any atom is 0.233 e. The van der Waals surface area contributed by atoms with Gasteiger partial charge in [0.15, 0.2) is 0 Å². The fraction of sp³-hybridized carbons (Fsp3) is 0.588. The smallest absolute Gasteiger partial charge is 0.233 e. The van der Waals surface area contributed by atoms with Gasteiger partial charge in [0.2, 0.25) is 5.91 Å². The molecule has 1 aromatic rings.